The SMILES string of the molecule is CCc1cccc2c(=O)n3c(nc12)C(C)CCC3. The fourth-order valence-electron chi connectivity index (χ4n) is 2.88. The summed E-state index contributed by atoms with van der Waals surface area (Å²) in [5, 5.41) is 0.771. The van der Waals surface area contributed by atoms with Crippen molar-refractivity contribution in [1.29, 1.82) is 0 Å². The van der Waals surface area contributed by atoms with Crippen LogP contribution in [0.5, 0.6) is 0 Å². The van der Waals surface area contributed by atoms with Crippen molar-refractivity contribution >= 4 is 10.9 Å². The monoisotopic (exact) mass is 242 g/mol. The number of fused-ring (bicyclic) bond motifs is 2. The highest BCUT2D eigenvalue weighted by Crippen LogP contribution is 2.25. The van der Waals surface area contributed by atoms with Gasteiger partial charge in [0, 0.05) is 12.5 Å². The second-order valence-corrected chi connectivity index (χ2v) is 5.14. The molecule has 1 aliphatic rings. The number of nitrogens with zero attached hydrogens (tertiary/aromatic N) is 2. The first-order valence-electron chi connectivity index (χ1n) is 6.74. The van der Waals surface area contributed by atoms with Crippen molar-refractivity contribution in [2.75, 3.05) is 0 Å². The van der Waals surface area contributed by atoms with Crippen LogP contribution in [0, 0.1) is 0 Å². The fraction of sp³-hybridized carbons (Fsp3) is 0.467. The first-order valence-corrected chi connectivity index (χ1v) is 6.74. The van der Waals surface area contributed by atoms with E-state index in [0.717, 1.165) is 42.5 Å². The number of benzene rings is 1. The third kappa shape index (κ3) is 1.57. The van der Waals surface area contributed by atoms with Crippen LogP contribution in [0.25, 0.3) is 10.9 Å². The minimum absolute atomic E-state index is 0.136. The van der Waals surface area contributed by atoms with Crippen LogP contribution < -0.4 is 5.56 Å². The van der Waals surface area contributed by atoms with Crippen LogP contribution in [-0.4, -0.2) is 9.55 Å². The van der Waals surface area contributed by atoms with Crippen LogP contribution in [0.4, 0.5) is 0 Å². The normalized spacial score (nSPS) is 18.9. The highest BCUT2D eigenvalue weighted by molar-refractivity contribution is 5.81. The molecule has 0 aliphatic carbocycles. The summed E-state index contributed by atoms with van der Waals surface area (Å²) in [5.41, 5.74) is 2.22. The van der Waals surface area contributed by atoms with Gasteiger partial charge >= 0.3 is 0 Å². The van der Waals surface area contributed by atoms with Gasteiger partial charge in [0.2, 0.25) is 0 Å². The van der Waals surface area contributed by atoms with Gasteiger partial charge < -0.3 is 0 Å². The van der Waals surface area contributed by atoms with E-state index in [9.17, 15) is 4.79 Å². The maximum Gasteiger partial charge on any atom is 0.261 e. The Hall–Kier alpha value is -1.64. The molecule has 0 bridgehead atoms. The Labute approximate surface area is 106 Å². The highest BCUT2D eigenvalue weighted by Gasteiger charge is 2.20. The first-order chi connectivity index (χ1) is 8.72. The van der Waals surface area contributed by atoms with Crippen LogP contribution in [-0.2, 0) is 13.0 Å². The summed E-state index contributed by atoms with van der Waals surface area (Å²) in [6, 6.07) is 5.93. The van der Waals surface area contributed by atoms with E-state index >= 15 is 0 Å². The van der Waals surface area contributed by atoms with Crippen molar-refractivity contribution in [2.24, 2.45) is 0 Å². The molecule has 0 saturated carbocycles. The average Bonchev–Trinajstić information content (AvgIpc) is 2.40. The summed E-state index contributed by atoms with van der Waals surface area (Å²) in [5.74, 6) is 1.36. The average molecular weight is 242 g/mol. The zero-order valence-corrected chi connectivity index (χ0v) is 10.9. The maximum atomic E-state index is 12.5. The summed E-state index contributed by atoms with van der Waals surface area (Å²) in [4.78, 5) is 17.3. The molecule has 18 heavy (non-hydrogen) atoms. The molecule has 3 heteroatoms. The zero-order chi connectivity index (χ0) is 12.7. The van der Waals surface area contributed by atoms with Gasteiger partial charge in [0.15, 0.2) is 0 Å². The Kier molecular flexibility index (Phi) is 2.69. The molecule has 0 amide bonds. The number of rotatable bonds is 1. The van der Waals surface area contributed by atoms with Gasteiger partial charge in [-0.1, -0.05) is 26.0 Å². The van der Waals surface area contributed by atoms with E-state index in [2.05, 4.69) is 19.9 Å². The molecule has 1 aliphatic heterocycles. The molecule has 1 aromatic carbocycles. The molecule has 0 spiro atoms. The van der Waals surface area contributed by atoms with Crippen molar-refractivity contribution in [1.82, 2.24) is 9.55 Å². The molecule has 1 aromatic heterocycles. The number of hydrogen-bond acceptors (Lipinski definition) is 2. The third-order valence-electron chi connectivity index (χ3n) is 3.94. The van der Waals surface area contributed by atoms with Crippen molar-refractivity contribution in [3.63, 3.8) is 0 Å². The zero-order valence-electron chi connectivity index (χ0n) is 10.9. The van der Waals surface area contributed by atoms with E-state index in [1.807, 2.05) is 16.7 Å². The molecule has 0 radical (unpaired) electrons. The van der Waals surface area contributed by atoms with Crippen LogP contribution in [0.2, 0.25) is 0 Å². The molecule has 0 saturated heterocycles. The van der Waals surface area contributed by atoms with Crippen LogP contribution >= 0.6 is 0 Å². The number of hydrogen-bond donors (Lipinski definition) is 0. The Morgan fingerprint density at radius 1 is 1.44 bits per heavy atom. The Bertz CT molecular complexity index is 657. The second kappa shape index (κ2) is 4.23. The summed E-state index contributed by atoms with van der Waals surface area (Å²) in [6.07, 6.45) is 3.13. The molecular formula is C15H18N2O. The van der Waals surface area contributed by atoms with Gasteiger partial charge in [0.25, 0.3) is 5.56 Å². The first kappa shape index (κ1) is 11.5. The van der Waals surface area contributed by atoms with Crippen molar-refractivity contribution in [3.8, 4) is 0 Å². The maximum absolute atomic E-state index is 12.5. The number of para-hydroxylation sites is 1. The van der Waals surface area contributed by atoms with E-state index < -0.39 is 0 Å². The molecule has 1 unspecified atom stereocenters. The van der Waals surface area contributed by atoms with Crippen LogP contribution in [0.15, 0.2) is 23.0 Å². The lowest BCUT2D eigenvalue weighted by atomic mass is 9.99. The Morgan fingerprint density at radius 3 is 3.06 bits per heavy atom. The Balaban J connectivity index is 2.40. The van der Waals surface area contributed by atoms with Crippen LogP contribution in [0.1, 0.15) is 44.0 Å². The van der Waals surface area contributed by atoms with E-state index in [4.69, 9.17) is 4.98 Å². The summed E-state index contributed by atoms with van der Waals surface area (Å²) >= 11 is 0. The van der Waals surface area contributed by atoms with Crippen molar-refractivity contribution in [3.05, 3.63) is 39.9 Å². The molecule has 0 fully saturated rings. The smallest absolute Gasteiger partial charge is 0.261 e. The second-order valence-electron chi connectivity index (χ2n) is 5.14. The highest BCUT2D eigenvalue weighted by atomic mass is 16.1. The summed E-state index contributed by atoms with van der Waals surface area (Å²) < 4.78 is 1.87. The van der Waals surface area contributed by atoms with E-state index in [1.165, 1.54) is 5.56 Å². The minimum atomic E-state index is 0.136. The van der Waals surface area contributed by atoms with Gasteiger partial charge in [-0.25, -0.2) is 4.98 Å². The number of aromatic nitrogens is 2. The lowest BCUT2D eigenvalue weighted by Crippen LogP contribution is -2.30. The molecule has 2 heterocycles. The molecule has 0 N–H and O–H groups in total. The minimum Gasteiger partial charge on any atom is -0.296 e. The van der Waals surface area contributed by atoms with Gasteiger partial charge in [-0.3, -0.25) is 9.36 Å². The molecule has 3 rings (SSSR count). The summed E-state index contributed by atoms with van der Waals surface area (Å²) in [7, 11) is 0. The summed E-state index contributed by atoms with van der Waals surface area (Å²) in [6.45, 7) is 5.09. The lowest BCUT2D eigenvalue weighted by molar-refractivity contribution is 0.446. The lowest BCUT2D eigenvalue weighted by Gasteiger charge is -2.23. The largest absolute Gasteiger partial charge is 0.296 e. The van der Waals surface area contributed by atoms with Crippen molar-refractivity contribution < 1.29 is 0 Å². The van der Waals surface area contributed by atoms with Gasteiger partial charge in [-0.05, 0) is 30.9 Å². The Morgan fingerprint density at radius 2 is 2.28 bits per heavy atom. The van der Waals surface area contributed by atoms with E-state index in [-0.39, 0.29) is 5.56 Å². The predicted molar refractivity (Wildman–Crippen MR) is 73.0 cm³/mol. The molecular weight excluding hydrogens is 224 g/mol. The molecule has 94 valence electrons. The van der Waals surface area contributed by atoms with Gasteiger partial charge in [-0.2, -0.15) is 0 Å². The quantitative estimate of drug-likeness (QED) is 0.770. The van der Waals surface area contributed by atoms with Crippen LogP contribution in [0.3, 0.4) is 0 Å². The topological polar surface area (TPSA) is 34.9 Å². The van der Waals surface area contributed by atoms with Gasteiger partial charge in [0.1, 0.15) is 5.82 Å². The van der Waals surface area contributed by atoms with E-state index in [1.54, 1.807) is 0 Å². The standard InChI is InChI=1S/C15H18N2O/c1-3-11-7-4-8-12-13(11)16-14-10(2)6-5-9-17(14)15(12)18/h4,7-8,10H,3,5-6,9H2,1-2H3. The van der Waals surface area contributed by atoms with E-state index in [0.29, 0.717) is 5.92 Å². The third-order valence-corrected chi connectivity index (χ3v) is 3.94. The fourth-order valence-corrected chi connectivity index (χ4v) is 2.88. The van der Waals surface area contributed by atoms with Gasteiger partial charge in [0.05, 0.1) is 10.9 Å². The molecule has 3 nitrogen and oxygen atoms in total. The predicted octanol–water partition coefficient (Wildman–Crippen LogP) is 2.86. The number of aryl methyl sites for hydroxylation is 1. The molecule has 2 aromatic rings. The van der Waals surface area contributed by atoms with Gasteiger partial charge in [-0.15, -0.1) is 0 Å². The molecule has 1 atom stereocenters. The van der Waals surface area contributed by atoms with Crippen molar-refractivity contribution in [2.45, 2.75) is 45.6 Å².